The summed E-state index contributed by atoms with van der Waals surface area (Å²) in [6.07, 6.45) is 11.0. The summed E-state index contributed by atoms with van der Waals surface area (Å²) in [5, 5.41) is 0. The largest absolute Gasteiger partial charge is 0.271 e. The summed E-state index contributed by atoms with van der Waals surface area (Å²) < 4.78 is 0. The van der Waals surface area contributed by atoms with Crippen molar-refractivity contribution < 1.29 is 0 Å². The molecule has 0 spiro atoms. The molecule has 2 nitrogen and oxygen atoms in total. The highest BCUT2D eigenvalue weighted by Gasteiger charge is 2.44. The monoisotopic (exact) mass is 252 g/mol. The lowest BCUT2D eigenvalue weighted by atomic mass is 9.64. The Morgan fingerprint density at radius 3 is 2.33 bits per heavy atom. The van der Waals surface area contributed by atoms with E-state index in [1.165, 1.54) is 51.4 Å². The van der Waals surface area contributed by atoms with Gasteiger partial charge >= 0.3 is 0 Å². The minimum Gasteiger partial charge on any atom is -0.271 e. The first-order chi connectivity index (χ1) is 8.63. The zero-order chi connectivity index (χ0) is 13.2. The first-order valence-electron chi connectivity index (χ1n) is 8.09. The van der Waals surface area contributed by atoms with Crippen LogP contribution in [0.4, 0.5) is 0 Å². The normalized spacial score (nSPS) is 37.7. The third kappa shape index (κ3) is 2.60. The maximum atomic E-state index is 5.97. The summed E-state index contributed by atoms with van der Waals surface area (Å²) in [6, 6.07) is 0.556. The molecule has 2 rings (SSSR count). The van der Waals surface area contributed by atoms with Gasteiger partial charge in [-0.15, -0.1) is 0 Å². The molecule has 0 heterocycles. The lowest BCUT2D eigenvalue weighted by molar-refractivity contribution is 0.0801. The molecule has 0 aromatic heterocycles. The van der Waals surface area contributed by atoms with Crippen LogP contribution >= 0.6 is 0 Å². The first-order valence-corrected chi connectivity index (χ1v) is 8.09. The SMILES string of the molecule is CCC1(C(NN)C2CCC(C)C(C)C2)CCCC1. The van der Waals surface area contributed by atoms with Crippen LogP contribution in [-0.4, -0.2) is 6.04 Å². The average Bonchev–Trinajstić information content (AvgIpc) is 2.84. The fraction of sp³-hybridized carbons (Fsp3) is 1.00. The van der Waals surface area contributed by atoms with Gasteiger partial charge in [0.25, 0.3) is 0 Å². The summed E-state index contributed by atoms with van der Waals surface area (Å²) in [5.41, 5.74) is 3.74. The van der Waals surface area contributed by atoms with Crippen LogP contribution in [0.25, 0.3) is 0 Å². The van der Waals surface area contributed by atoms with E-state index in [2.05, 4.69) is 26.2 Å². The van der Waals surface area contributed by atoms with Gasteiger partial charge in [0.2, 0.25) is 0 Å². The Hall–Kier alpha value is -0.0800. The maximum Gasteiger partial charge on any atom is 0.0295 e. The Balaban J connectivity index is 2.08. The number of hydrogen-bond donors (Lipinski definition) is 2. The molecule has 0 aromatic rings. The van der Waals surface area contributed by atoms with Crippen molar-refractivity contribution in [2.75, 3.05) is 0 Å². The van der Waals surface area contributed by atoms with Gasteiger partial charge in [0.15, 0.2) is 0 Å². The summed E-state index contributed by atoms with van der Waals surface area (Å²) in [7, 11) is 0. The Morgan fingerprint density at radius 2 is 1.83 bits per heavy atom. The molecule has 0 saturated heterocycles. The summed E-state index contributed by atoms with van der Waals surface area (Å²) >= 11 is 0. The van der Waals surface area contributed by atoms with E-state index in [0.29, 0.717) is 11.5 Å². The third-order valence-electron chi connectivity index (χ3n) is 6.25. The smallest absolute Gasteiger partial charge is 0.0295 e. The zero-order valence-electron chi connectivity index (χ0n) is 12.5. The zero-order valence-corrected chi connectivity index (χ0v) is 12.5. The molecule has 2 aliphatic rings. The van der Waals surface area contributed by atoms with Crippen LogP contribution in [0.3, 0.4) is 0 Å². The molecule has 2 saturated carbocycles. The standard InChI is InChI=1S/C16H32N2/c1-4-16(9-5-6-10-16)15(18-17)14-8-7-12(2)13(3)11-14/h12-15,18H,4-11,17H2,1-3H3. The fourth-order valence-corrected chi connectivity index (χ4v) is 4.67. The molecule has 0 amide bonds. The van der Waals surface area contributed by atoms with Gasteiger partial charge in [0, 0.05) is 6.04 Å². The van der Waals surface area contributed by atoms with Crippen LogP contribution < -0.4 is 11.3 Å². The molecule has 106 valence electrons. The second-order valence-corrected chi connectivity index (χ2v) is 7.10. The lowest BCUT2D eigenvalue weighted by Crippen LogP contribution is -2.53. The van der Waals surface area contributed by atoms with E-state index in [4.69, 9.17) is 5.84 Å². The van der Waals surface area contributed by atoms with Crippen LogP contribution in [-0.2, 0) is 0 Å². The molecular formula is C16H32N2. The minimum atomic E-state index is 0.500. The Morgan fingerprint density at radius 1 is 1.17 bits per heavy atom. The molecule has 0 aliphatic heterocycles. The summed E-state index contributed by atoms with van der Waals surface area (Å²) in [6.45, 7) is 7.21. The van der Waals surface area contributed by atoms with Gasteiger partial charge in [-0.3, -0.25) is 11.3 Å². The van der Waals surface area contributed by atoms with Gasteiger partial charge < -0.3 is 0 Å². The molecule has 18 heavy (non-hydrogen) atoms. The van der Waals surface area contributed by atoms with E-state index in [1.54, 1.807) is 0 Å². The molecular weight excluding hydrogens is 220 g/mol. The number of rotatable bonds is 4. The molecule has 4 unspecified atom stereocenters. The van der Waals surface area contributed by atoms with Gasteiger partial charge in [0.05, 0.1) is 0 Å². The predicted molar refractivity (Wildman–Crippen MR) is 78.0 cm³/mol. The highest BCUT2D eigenvalue weighted by Crippen LogP contribution is 2.49. The van der Waals surface area contributed by atoms with E-state index in [9.17, 15) is 0 Å². The van der Waals surface area contributed by atoms with Gasteiger partial charge in [-0.05, 0) is 55.3 Å². The van der Waals surface area contributed by atoms with E-state index >= 15 is 0 Å². The topological polar surface area (TPSA) is 38.0 Å². The quantitative estimate of drug-likeness (QED) is 0.589. The Kier molecular flexibility index (Phi) is 4.71. The van der Waals surface area contributed by atoms with Crippen LogP contribution in [0.1, 0.15) is 72.1 Å². The fourth-order valence-electron chi connectivity index (χ4n) is 4.67. The van der Waals surface area contributed by atoms with Crippen LogP contribution in [0.5, 0.6) is 0 Å². The van der Waals surface area contributed by atoms with Gasteiger partial charge in [-0.2, -0.15) is 0 Å². The van der Waals surface area contributed by atoms with Crippen LogP contribution in [0.15, 0.2) is 0 Å². The number of nitrogens with one attached hydrogen (secondary N) is 1. The number of hydrazine groups is 1. The maximum absolute atomic E-state index is 5.97. The molecule has 2 heteroatoms. The van der Waals surface area contributed by atoms with Crippen LogP contribution in [0, 0.1) is 23.2 Å². The molecule has 2 fully saturated rings. The van der Waals surface area contributed by atoms with E-state index in [1.807, 2.05) is 0 Å². The first kappa shape index (κ1) is 14.3. The average molecular weight is 252 g/mol. The Bertz CT molecular complexity index is 258. The second kappa shape index (κ2) is 5.92. The molecule has 0 radical (unpaired) electrons. The lowest BCUT2D eigenvalue weighted by Gasteiger charge is -2.45. The van der Waals surface area contributed by atoms with E-state index in [0.717, 1.165) is 17.8 Å². The summed E-state index contributed by atoms with van der Waals surface area (Å²) in [5.74, 6) is 8.55. The molecule has 0 bridgehead atoms. The van der Waals surface area contributed by atoms with Crippen molar-refractivity contribution in [1.82, 2.24) is 5.43 Å². The Labute approximate surface area is 113 Å². The molecule has 4 atom stereocenters. The van der Waals surface area contributed by atoms with Crippen molar-refractivity contribution in [1.29, 1.82) is 0 Å². The molecule has 2 aliphatic carbocycles. The van der Waals surface area contributed by atoms with E-state index < -0.39 is 0 Å². The second-order valence-electron chi connectivity index (χ2n) is 7.10. The van der Waals surface area contributed by atoms with Crippen molar-refractivity contribution in [3.63, 3.8) is 0 Å². The van der Waals surface area contributed by atoms with Gasteiger partial charge in [0.1, 0.15) is 0 Å². The minimum absolute atomic E-state index is 0.500. The van der Waals surface area contributed by atoms with Crippen molar-refractivity contribution in [2.24, 2.45) is 29.0 Å². The van der Waals surface area contributed by atoms with Crippen molar-refractivity contribution in [3.05, 3.63) is 0 Å². The van der Waals surface area contributed by atoms with Crippen molar-refractivity contribution >= 4 is 0 Å². The number of nitrogens with two attached hydrogens (primary N) is 1. The van der Waals surface area contributed by atoms with E-state index in [-0.39, 0.29) is 0 Å². The highest BCUT2D eigenvalue weighted by atomic mass is 15.2. The van der Waals surface area contributed by atoms with Gasteiger partial charge in [-0.1, -0.05) is 40.0 Å². The highest BCUT2D eigenvalue weighted by molar-refractivity contribution is 4.97. The van der Waals surface area contributed by atoms with Crippen molar-refractivity contribution in [3.8, 4) is 0 Å². The molecule has 0 aromatic carbocycles. The molecule has 3 N–H and O–H groups in total. The predicted octanol–water partition coefficient (Wildman–Crippen LogP) is 3.86. The summed E-state index contributed by atoms with van der Waals surface area (Å²) in [4.78, 5) is 0. The van der Waals surface area contributed by atoms with Crippen LogP contribution in [0.2, 0.25) is 0 Å². The van der Waals surface area contributed by atoms with Gasteiger partial charge in [-0.25, -0.2) is 0 Å². The number of hydrogen-bond acceptors (Lipinski definition) is 2. The van der Waals surface area contributed by atoms with Crippen molar-refractivity contribution in [2.45, 2.75) is 78.2 Å². The third-order valence-corrected chi connectivity index (χ3v) is 6.25.